The van der Waals surface area contributed by atoms with Gasteiger partial charge in [0, 0.05) is 32.4 Å². The van der Waals surface area contributed by atoms with Crippen LogP contribution in [-0.4, -0.2) is 26.2 Å². The lowest BCUT2D eigenvalue weighted by Crippen LogP contribution is -2.15. The summed E-state index contributed by atoms with van der Waals surface area (Å²) in [5, 5.41) is 0. The number of ether oxygens (including phenoxy) is 1. The van der Waals surface area contributed by atoms with Crippen LogP contribution < -0.4 is 15.4 Å². The quantitative estimate of drug-likeness (QED) is 0.913. The van der Waals surface area contributed by atoms with Gasteiger partial charge in [0.15, 0.2) is 0 Å². The molecule has 1 aromatic heterocycles. The van der Waals surface area contributed by atoms with Gasteiger partial charge < -0.3 is 15.4 Å². The number of methoxy groups -OCH3 is 1. The van der Waals surface area contributed by atoms with Crippen LogP contribution in [0.25, 0.3) is 11.1 Å². The first-order valence-electron chi connectivity index (χ1n) is 6.17. The average molecular weight is 257 g/mol. The molecule has 0 unspecified atom stereocenters. The summed E-state index contributed by atoms with van der Waals surface area (Å²) in [5.74, 6) is 1.76. The maximum atomic E-state index is 5.89. The normalized spacial score (nSPS) is 10.3. The highest BCUT2D eigenvalue weighted by molar-refractivity contribution is 5.72. The summed E-state index contributed by atoms with van der Waals surface area (Å²) in [6, 6.07) is 9.97. The lowest BCUT2D eigenvalue weighted by atomic mass is 10.0. The van der Waals surface area contributed by atoms with Gasteiger partial charge in [0.05, 0.1) is 7.11 Å². The maximum absolute atomic E-state index is 5.89. The third-order valence-electron chi connectivity index (χ3n) is 3.06. The molecular formula is C15H19N3O. The van der Waals surface area contributed by atoms with E-state index in [0.29, 0.717) is 6.54 Å². The van der Waals surface area contributed by atoms with Crippen LogP contribution in [0.4, 0.5) is 5.82 Å². The highest BCUT2D eigenvalue weighted by Crippen LogP contribution is 2.29. The maximum Gasteiger partial charge on any atom is 0.133 e. The van der Waals surface area contributed by atoms with Gasteiger partial charge in [-0.05, 0) is 29.3 Å². The Hall–Kier alpha value is -2.07. The standard InChI is InChI=1S/C15H19N3O/c1-18(2)15-14(10-16)13(8-9-17-15)11-4-6-12(19-3)7-5-11/h4-9H,10,16H2,1-3H3. The SMILES string of the molecule is COc1ccc(-c2ccnc(N(C)C)c2CN)cc1. The van der Waals surface area contributed by atoms with Crippen molar-refractivity contribution in [3.63, 3.8) is 0 Å². The molecule has 0 aliphatic heterocycles. The van der Waals surface area contributed by atoms with Crippen molar-refractivity contribution in [1.29, 1.82) is 0 Å². The van der Waals surface area contributed by atoms with Gasteiger partial charge in [0.1, 0.15) is 11.6 Å². The Balaban J connectivity index is 2.51. The molecule has 0 spiro atoms. The molecule has 0 aliphatic rings. The van der Waals surface area contributed by atoms with Crippen LogP contribution in [0.1, 0.15) is 5.56 Å². The van der Waals surface area contributed by atoms with Gasteiger partial charge in [-0.25, -0.2) is 4.98 Å². The first kappa shape index (κ1) is 13.4. The zero-order valence-corrected chi connectivity index (χ0v) is 11.6. The summed E-state index contributed by atoms with van der Waals surface area (Å²) >= 11 is 0. The highest BCUT2D eigenvalue weighted by Gasteiger charge is 2.11. The molecule has 2 rings (SSSR count). The fraction of sp³-hybridized carbons (Fsp3) is 0.267. The molecular weight excluding hydrogens is 238 g/mol. The minimum Gasteiger partial charge on any atom is -0.497 e. The van der Waals surface area contributed by atoms with Crippen LogP contribution in [0.15, 0.2) is 36.5 Å². The number of aromatic nitrogens is 1. The summed E-state index contributed by atoms with van der Waals surface area (Å²) in [6.07, 6.45) is 1.81. The van der Waals surface area contributed by atoms with Crippen molar-refractivity contribution in [2.45, 2.75) is 6.54 Å². The van der Waals surface area contributed by atoms with Crippen LogP contribution in [0.3, 0.4) is 0 Å². The molecule has 0 saturated heterocycles. The summed E-state index contributed by atoms with van der Waals surface area (Å²) in [6.45, 7) is 0.461. The van der Waals surface area contributed by atoms with E-state index in [1.54, 1.807) is 7.11 Å². The second-order valence-corrected chi connectivity index (χ2v) is 4.49. The van der Waals surface area contributed by atoms with Crippen LogP contribution in [0, 0.1) is 0 Å². The Bertz CT molecular complexity index is 550. The minimum absolute atomic E-state index is 0.461. The fourth-order valence-corrected chi connectivity index (χ4v) is 2.11. The molecule has 0 saturated carbocycles. The first-order chi connectivity index (χ1) is 9.17. The zero-order valence-electron chi connectivity index (χ0n) is 11.6. The van der Waals surface area contributed by atoms with E-state index in [-0.39, 0.29) is 0 Å². The fourth-order valence-electron chi connectivity index (χ4n) is 2.11. The minimum atomic E-state index is 0.461. The number of hydrogen-bond donors (Lipinski definition) is 1. The number of nitrogens with two attached hydrogens (primary N) is 1. The molecule has 0 atom stereocenters. The Morgan fingerprint density at radius 1 is 1.16 bits per heavy atom. The van der Waals surface area contributed by atoms with E-state index in [4.69, 9.17) is 10.5 Å². The molecule has 1 aromatic carbocycles. The number of anilines is 1. The van der Waals surface area contributed by atoms with E-state index >= 15 is 0 Å². The number of hydrogen-bond acceptors (Lipinski definition) is 4. The smallest absolute Gasteiger partial charge is 0.133 e. The third kappa shape index (κ3) is 2.69. The van der Waals surface area contributed by atoms with Gasteiger partial charge in [-0.1, -0.05) is 12.1 Å². The molecule has 0 fully saturated rings. The lowest BCUT2D eigenvalue weighted by Gasteiger charge is -2.18. The number of rotatable bonds is 4. The van der Waals surface area contributed by atoms with Crippen molar-refractivity contribution in [3.05, 3.63) is 42.1 Å². The molecule has 2 N–H and O–H groups in total. The molecule has 1 heterocycles. The lowest BCUT2D eigenvalue weighted by molar-refractivity contribution is 0.415. The Morgan fingerprint density at radius 3 is 2.37 bits per heavy atom. The van der Waals surface area contributed by atoms with Crippen molar-refractivity contribution in [2.75, 3.05) is 26.1 Å². The number of pyridine rings is 1. The van der Waals surface area contributed by atoms with Crippen LogP contribution in [0.2, 0.25) is 0 Å². The van der Waals surface area contributed by atoms with Gasteiger partial charge in [0.25, 0.3) is 0 Å². The van der Waals surface area contributed by atoms with Crippen molar-refractivity contribution in [2.24, 2.45) is 5.73 Å². The van der Waals surface area contributed by atoms with Gasteiger partial charge in [0.2, 0.25) is 0 Å². The molecule has 0 amide bonds. The molecule has 2 aromatic rings. The van der Waals surface area contributed by atoms with Crippen LogP contribution in [0.5, 0.6) is 5.75 Å². The Morgan fingerprint density at radius 2 is 1.84 bits per heavy atom. The van der Waals surface area contributed by atoms with E-state index in [9.17, 15) is 0 Å². The predicted molar refractivity (Wildman–Crippen MR) is 78.4 cm³/mol. The first-order valence-corrected chi connectivity index (χ1v) is 6.17. The van der Waals surface area contributed by atoms with Crippen LogP contribution >= 0.6 is 0 Å². The molecule has 0 aliphatic carbocycles. The summed E-state index contributed by atoms with van der Waals surface area (Å²) in [4.78, 5) is 6.37. The predicted octanol–water partition coefficient (Wildman–Crippen LogP) is 2.28. The van der Waals surface area contributed by atoms with E-state index in [2.05, 4.69) is 4.98 Å². The molecule has 100 valence electrons. The van der Waals surface area contributed by atoms with Crippen molar-refractivity contribution < 1.29 is 4.74 Å². The number of nitrogens with zero attached hydrogens (tertiary/aromatic N) is 2. The average Bonchev–Trinajstić information content (AvgIpc) is 2.46. The van der Waals surface area contributed by atoms with Gasteiger partial charge >= 0.3 is 0 Å². The molecule has 19 heavy (non-hydrogen) atoms. The Kier molecular flexibility index (Phi) is 4.02. The summed E-state index contributed by atoms with van der Waals surface area (Å²) < 4.78 is 5.18. The van der Waals surface area contributed by atoms with Crippen molar-refractivity contribution in [3.8, 4) is 16.9 Å². The topological polar surface area (TPSA) is 51.4 Å². The second-order valence-electron chi connectivity index (χ2n) is 4.49. The molecule has 0 radical (unpaired) electrons. The van der Waals surface area contributed by atoms with E-state index in [0.717, 1.165) is 28.3 Å². The van der Waals surface area contributed by atoms with Crippen LogP contribution in [-0.2, 0) is 6.54 Å². The summed E-state index contributed by atoms with van der Waals surface area (Å²) in [5.41, 5.74) is 9.18. The van der Waals surface area contributed by atoms with Crippen molar-refractivity contribution in [1.82, 2.24) is 4.98 Å². The third-order valence-corrected chi connectivity index (χ3v) is 3.06. The largest absolute Gasteiger partial charge is 0.497 e. The van der Waals surface area contributed by atoms with Gasteiger partial charge in [-0.3, -0.25) is 0 Å². The zero-order chi connectivity index (χ0) is 13.8. The highest BCUT2D eigenvalue weighted by atomic mass is 16.5. The molecule has 0 bridgehead atoms. The second kappa shape index (κ2) is 5.71. The van der Waals surface area contributed by atoms with E-state index in [1.165, 1.54) is 0 Å². The molecule has 4 nitrogen and oxygen atoms in total. The van der Waals surface area contributed by atoms with E-state index < -0.39 is 0 Å². The monoisotopic (exact) mass is 257 g/mol. The van der Waals surface area contributed by atoms with Gasteiger partial charge in [-0.2, -0.15) is 0 Å². The Labute approximate surface area is 113 Å². The number of benzene rings is 1. The van der Waals surface area contributed by atoms with E-state index in [1.807, 2.05) is 55.5 Å². The van der Waals surface area contributed by atoms with Crippen molar-refractivity contribution >= 4 is 5.82 Å². The van der Waals surface area contributed by atoms with Gasteiger partial charge in [-0.15, -0.1) is 0 Å². The summed E-state index contributed by atoms with van der Waals surface area (Å²) in [7, 11) is 5.61. The molecule has 4 heteroatoms.